The SMILES string of the molecule is CCNC(=NCc1ccc(OC)nc1)NCC1(c2ccccc2)CCC1.I. The summed E-state index contributed by atoms with van der Waals surface area (Å²) in [5.74, 6) is 1.48. The second-order valence-corrected chi connectivity index (χ2v) is 6.76. The lowest BCUT2D eigenvalue weighted by Crippen LogP contribution is -2.48. The minimum Gasteiger partial charge on any atom is -0.481 e. The molecule has 0 atom stereocenters. The molecule has 0 bridgehead atoms. The molecule has 2 aromatic rings. The fraction of sp³-hybridized carbons (Fsp3) is 0.429. The van der Waals surface area contributed by atoms with Gasteiger partial charge in [0.2, 0.25) is 5.88 Å². The summed E-state index contributed by atoms with van der Waals surface area (Å²) in [6.45, 7) is 4.42. The molecule has 0 unspecified atom stereocenters. The lowest BCUT2D eigenvalue weighted by molar-refractivity contribution is 0.244. The number of hydrogen-bond donors (Lipinski definition) is 2. The van der Waals surface area contributed by atoms with E-state index in [0.717, 1.165) is 24.6 Å². The zero-order valence-corrected chi connectivity index (χ0v) is 18.4. The Morgan fingerprint density at radius 2 is 1.93 bits per heavy atom. The van der Waals surface area contributed by atoms with Crippen molar-refractivity contribution in [2.24, 2.45) is 4.99 Å². The molecule has 0 amide bonds. The standard InChI is InChI=1S/C21H28N4O.HI/c1-3-22-20(24-15-17-10-11-19(26-2)23-14-17)25-16-21(12-7-13-21)18-8-5-4-6-9-18;/h4-6,8-11,14H,3,7,12-13,15-16H2,1-2H3,(H2,22,24,25);1H. The van der Waals surface area contributed by atoms with E-state index in [1.807, 2.05) is 18.3 Å². The average Bonchev–Trinajstić information content (AvgIpc) is 2.66. The number of halogens is 1. The first-order chi connectivity index (χ1) is 12.8. The van der Waals surface area contributed by atoms with Gasteiger partial charge in [-0.05, 0) is 30.9 Å². The van der Waals surface area contributed by atoms with Crippen LogP contribution < -0.4 is 15.4 Å². The van der Waals surface area contributed by atoms with Crippen molar-refractivity contribution < 1.29 is 4.74 Å². The molecule has 3 rings (SSSR count). The van der Waals surface area contributed by atoms with Crippen LogP contribution in [0.25, 0.3) is 0 Å². The van der Waals surface area contributed by atoms with Crippen LogP contribution in [-0.4, -0.2) is 31.1 Å². The van der Waals surface area contributed by atoms with E-state index in [2.05, 4.69) is 52.9 Å². The van der Waals surface area contributed by atoms with Crippen LogP contribution in [0, 0.1) is 0 Å². The molecule has 5 nitrogen and oxygen atoms in total. The molecule has 1 heterocycles. The van der Waals surface area contributed by atoms with Gasteiger partial charge < -0.3 is 15.4 Å². The van der Waals surface area contributed by atoms with E-state index < -0.39 is 0 Å². The van der Waals surface area contributed by atoms with Gasteiger partial charge in [0.15, 0.2) is 5.96 Å². The summed E-state index contributed by atoms with van der Waals surface area (Å²) < 4.78 is 5.10. The van der Waals surface area contributed by atoms with Gasteiger partial charge >= 0.3 is 0 Å². The Hall–Kier alpha value is -1.83. The normalized spacial score (nSPS) is 15.3. The molecule has 0 radical (unpaired) electrons. The van der Waals surface area contributed by atoms with Crippen molar-refractivity contribution in [1.29, 1.82) is 0 Å². The number of rotatable bonds is 7. The van der Waals surface area contributed by atoms with E-state index >= 15 is 0 Å². The summed E-state index contributed by atoms with van der Waals surface area (Å²) in [5, 5.41) is 6.89. The third kappa shape index (κ3) is 5.57. The monoisotopic (exact) mass is 480 g/mol. The Kier molecular flexibility index (Phi) is 8.34. The quantitative estimate of drug-likeness (QED) is 0.359. The highest BCUT2D eigenvalue weighted by molar-refractivity contribution is 14.0. The predicted molar refractivity (Wildman–Crippen MR) is 121 cm³/mol. The number of aliphatic imine (C=N–C) groups is 1. The molecular weight excluding hydrogens is 451 g/mol. The first-order valence-electron chi connectivity index (χ1n) is 9.32. The van der Waals surface area contributed by atoms with Crippen molar-refractivity contribution in [1.82, 2.24) is 15.6 Å². The van der Waals surface area contributed by atoms with Crippen LogP contribution in [0.5, 0.6) is 5.88 Å². The summed E-state index contributed by atoms with van der Waals surface area (Å²) in [6, 6.07) is 14.7. The lowest BCUT2D eigenvalue weighted by atomic mass is 9.64. The average molecular weight is 480 g/mol. The van der Waals surface area contributed by atoms with E-state index in [9.17, 15) is 0 Å². The first kappa shape index (κ1) is 21.5. The number of guanidine groups is 1. The number of hydrogen-bond acceptors (Lipinski definition) is 3. The second kappa shape index (κ2) is 10.5. The maximum Gasteiger partial charge on any atom is 0.212 e. The van der Waals surface area contributed by atoms with Crippen LogP contribution in [-0.2, 0) is 12.0 Å². The molecule has 1 fully saturated rings. The number of aromatic nitrogens is 1. The van der Waals surface area contributed by atoms with Gasteiger partial charge in [-0.2, -0.15) is 0 Å². The van der Waals surface area contributed by atoms with Crippen LogP contribution in [0.4, 0.5) is 0 Å². The Morgan fingerprint density at radius 1 is 1.15 bits per heavy atom. The molecule has 1 aromatic heterocycles. The van der Waals surface area contributed by atoms with Gasteiger partial charge in [-0.3, -0.25) is 0 Å². The highest BCUT2D eigenvalue weighted by Crippen LogP contribution is 2.43. The lowest BCUT2D eigenvalue weighted by Gasteiger charge is -2.43. The number of ether oxygens (including phenoxy) is 1. The van der Waals surface area contributed by atoms with Crippen LogP contribution in [0.3, 0.4) is 0 Å². The zero-order valence-electron chi connectivity index (χ0n) is 16.1. The van der Waals surface area contributed by atoms with Crippen molar-refractivity contribution >= 4 is 29.9 Å². The third-order valence-corrected chi connectivity index (χ3v) is 5.06. The van der Waals surface area contributed by atoms with Gasteiger partial charge in [-0.1, -0.05) is 42.8 Å². The van der Waals surface area contributed by atoms with Crippen molar-refractivity contribution in [2.75, 3.05) is 20.2 Å². The minimum absolute atomic E-state index is 0. The van der Waals surface area contributed by atoms with Gasteiger partial charge in [0.05, 0.1) is 13.7 Å². The van der Waals surface area contributed by atoms with Crippen LogP contribution >= 0.6 is 24.0 Å². The highest BCUT2D eigenvalue weighted by atomic mass is 127. The van der Waals surface area contributed by atoms with Crippen molar-refractivity contribution in [2.45, 2.75) is 38.1 Å². The maximum absolute atomic E-state index is 5.10. The van der Waals surface area contributed by atoms with Gasteiger partial charge in [-0.25, -0.2) is 9.98 Å². The van der Waals surface area contributed by atoms with Gasteiger partial charge in [0, 0.05) is 30.8 Å². The Bertz CT molecular complexity index is 715. The van der Waals surface area contributed by atoms with E-state index in [0.29, 0.717) is 12.4 Å². The minimum atomic E-state index is 0. The first-order valence-corrected chi connectivity index (χ1v) is 9.32. The van der Waals surface area contributed by atoms with Crippen LogP contribution in [0.15, 0.2) is 53.7 Å². The number of nitrogens with zero attached hydrogens (tertiary/aromatic N) is 2. The molecule has 1 aliphatic rings. The second-order valence-electron chi connectivity index (χ2n) is 6.76. The summed E-state index contributed by atoms with van der Waals surface area (Å²) in [7, 11) is 1.62. The molecule has 1 saturated carbocycles. The molecule has 0 aliphatic heterocycles. The Labute approximate surface area is 179 Å². The third-order valence-electron chi connectivity index (χ3n) is 5.06. The largest absolute Gasteiger partial charge is 0.481 e. The summed E-state index contributed by atoms with van der Waals surface area (Å²) in [6.07, 6.45) is 5.56. The summed E-state index contributed by atoms with van der Waals surface area (Å²) in [4.78, 5) is 8.94. The van der Waals surface area contributed by atoms with Crippen LogP contribution in [0.2, 0.25) is 0 Å². The molecule has 1 aromatic carbocycles. The van der Waals surface area contributed by atoms with E-state index in [-0.39, 0.29) is 29.4 Å². The van der Waals surface area contributed by atoms with E-state index in [1.165, 1.54) is 24.8 Å². The molecule has 2 N–H and O–H groups in total. The van der Waals surface area contributed by atoms with E-state index in [4.69, 9.17) is 9.73 Å². The maximum atomic E-state index is 5.10. The molecule has 0 spiro atoms. The van der Waals surface area contributed by atoms with Gasteiger partial charge in [0.1, 0.15) is 0 Å². The number of nitrogens with one attached hydrogen (secondary N) is 2. The van der Waals surface area contributed by atoms with Crippen molar-refractivity contribution in [3.8, 4) is 5.88 Å². The van der Waals surface area contributed by atoms with Gasteiger partial charge in [-0.15, -0.1) is 24.0 Å². The predicted octanol–water partition coefficient (Wildman–Crippen LogP) is 3.89. The topological polar surface area (TPSA) is 58.5 Å². The fourth-order valence-electron chi connectivity index (χ4n) is 3.35. The van der Waals surface area contributed by atoms with E-state index in [1.54, 1.807) is 7.11 Å². The molecule has 27 heavy (non-hydrogen) atoms. The number of pyridine rings is 1. The van der Waals surface area contributed by atoms with Gasteiger partial charge in [0.25, 0.3) is 0 Å². The Balaban J connectivity index is 0.00000261. The fourth-order valence-corrected chi connectivity index (χ4v) is 3.35. The molecule has 1 aliphatic carbocycles. The Morgan fingerprint density at radius 3 is 2.48 bits per heavy atom. The smallest absolute Gasteiger partial charge is 0.212 e. The number of methoxy groups -OCH3 is 1. The molecule has 146 valence electrons. The number of benzene rings is 1. The molecule has 6 heteroatoms. The van der Waals surface area contributed by atoms with Crippen molar-refractivity contribution in [3.63, 3.8) is 0 Å². The summed E-state index contributed by atoms with van der Waals surface area (Å²) >= 11 is 0. The molecule has 0 saturated heterocycles. The summed E-state index contributed by atoms with van der Waals surface area (Å²) in [5.41, 5.74) is 2.72. The van der Waals surface area contributed by atoms with Crippen LogP contribution in [0.1, 0.15) is 37.3 Å². The van der Waals surface area contributed by atoms with Crippen molar-refractivity contribution in [3.05, 3.63) is 59.8 Å². The molecular formula is C21H29IN4O. The highest BCUT2D eigenvalue weighted by Gasteiger charge is 2.38. The zero-order chi connectivity index (χ0) is 18.2.